The molecule has 2 aromatic carbocycles. The topological polar surface area (TPSA) is 44.5 Å². The molecule has 0 aliphatic carbocycles. The van der Waals surface area contributed by atoms with E-state index < -0.39 is 0 Å². The highest BCUT2D eigenvalue weighted by molar-refractivity contribution is 9.10. The second-order valence-electron chi connectivity index (χ2n) is 4.03. The van der Waals surface area contributed by atoms with Crippen molar-refractivity contribution in [2.75, 3.05) is 12.8 Å². The summed E-state index contributed by atoms with van der Waals surface area (Å²) in [5.41, 5.74) is 7.51. The molecule has 0 aliphatic heterocycles. The molecule has 0 heterocycles. The summed E-state index contributed by atoms with van der Waals surface area (Å²) in [6, 6.07) is 9.43. The number of nitrogens with two attached hydrogens (primary N) is 1. The van der Waals surface area contributed by atoms with Gasteiger partial charge < -0.3 is 15.2 Å². The van der Waals surface area contributed by atoms with Gasteiger partial charge in [0.05, 0.1) is 7.11 Å². The van der Waals surface area contributed by atoms with Crippen molar-refractivity contribution >= 4 is 37.5 Å². The van der Waals surface area contributed by atoms with E-state index in [0.29, 0.717) is 17.2 Å². The van der Waals surface area contributed by atoms with Crippen LogP contribution in [0.4, 0.5) is 5.69 Å². The Balaban J connectivity index is 2.40. The Bertz CT molecular complexity index is 615. The smallest absolute Gasteiger partial charge is 0.155 e. The lowest BCUT2D eigenvalue weighted by molar-refractivity contribution is 0.411. The summed E-state index contributed by atoms with van der Waals surface area (Å²) >= 11 is 6.83. The van der Waals surface area contributed by atoms with Gasteiger partial charge in [-0.25, -0.2) is 0 Å². The van der Waals surface area contributed by atoms with E-state index in [-0.39, 0.29) is 0 Å². The molecule has 2 aromatic rings. The van der Waals surface area contributed by atoms with Crippen molar-refractivity contribution in [1.29, 1.82) is 0 Å². The van der Waals surface area contributed by atoms with E-state index in [0.717, 1.165) is 20.3 Å². The van der Waals surface area contributed by atoms with Crippen LogP contribution in [-0.4, -0.2) is 7.11 Å². The molecule has 2 rings (SSSR count). The number of halogens is 2. The predicted octanol–water partition coefficient (Wildman–Crippen LogP) is 4.90. The lowest BCUT2D eigenvalue weighted by Crippen LogP contribution is -1.97. The van der Waals surface area contributed by atoms with Gasteiger partial charge in [0.15, 0.2) is 5.75 Å². The van der Waals surface area contributed by atoms with Crippen molar-refractivity contribution in [3.05, 3.63) is 44.8 Å². The Kier molecular flexibility index (Phi) is 4.37. The fourth-order valence-electron chi connectivity index (χ4n) is 1.67. The summed E-state index contributed by atoms with van der Waals surface area (Å²) < 4.78 is 12.9. The number of benzene rings is 2. The molecule has 0 unspecified atom stereocenters. The van der Waals surface area contributed by atoms with Crippen molar-refractivity contribution in [3.8, 4) is 17.2 Å². The maximum Gasteiger partial charge on any atom is 0.155 e. The van der Waals surface area contributed by atoms with Crippen LogP contribution >= 0.6 is 31.9 Å². The molecule has 0 saturated heterocycles. The van der Waals surface area contributed by atoms with Crippen LogP contribution in [0, 0.1) is 6.92 Å². The Morgan fingerprint density at radius 2 is 1.63 bits per heavy atom. The summed E-state index contributed by atoms with van der Waals surface area (Å²) in [5, 5.41) is 0. The zero-order valence-corrected chi connectivity index (χ0v) is 13.7. The highest BCUT2D eigenvalue weighted by Gasteiger charge is 2.11. The Labute approximate surface area is 129 Å². The number of nitrogen functional groups attached to an aromatic ring is 1. The predicted molar refractivity (Wildman–Crippen MR) is 84.1 cm³/mol. The van der Waals surface area contributed by atoms with E-state index in [1.807, 2.05) is 31.2 Å². The first kappa shape index (κ1) is 14.2. The molecule has 0 saturated carbocycles. The summed E-state index contributed by atoms with van der Waals surface area (Å²) in [5.74, 6) is 1.91. The van der Waals surface area contributed by atoms with E-state index in [4.69, 9.17) is 15.2 Å². The highest BCUT2D eigenvalue weighted by atomic mass is 79.9. The Morgan fingerprint density at radius 1 is 0.947 bits per heavy atom. The van der Waals surface area contributed by atoms with Gasteiger partial charge >= 0.3 is 0 Å². The molecule has 0 aliphatic rings. The van der Waals surface area contributed by atoms with Crippen molar-refractivity contribution < 1.29 is 9.47 Å². The lowest BCUT2D eigenvalue weighted by Gasteiger charge is -2.14. The van der Waals surface area contributed by atoms with Crippen LogP contribution in [0.1, 0.15) is 5.56 Å². The number of hydrogen-bond donors (Lipinski definition) is 1. The summed E-state index contributed by atoms with van der Waals surface area (Å²) in [7, 11) is 1.58. The van der Waals surface area contributed by atoms with E-state index in [2.05, 4.69) is 31.9 Å². The summed E-state index contributed by atoms with van der Waals surface area (Å²) in [6.07, 6.45) is 0. The second kappa shape index (κ2) is 5.84. The van der Waals surface area contributed by atoms with Gasteiger partial charge in [0.1, 0.15) is 17.2 Å². The number of rotatable bonds is 3. The van der Waals surface area contributed by atoms with Crippen LogP contribution in [0.3, 0.4) is 0 Å². The monoisotopic (exact) mass is 385 g/mol. The maximum absolute atomic E-state index is 6.01. The quantitative estimate of drug-likeness (QED) is 0.762. The Morgan fingerprint density at radius 3 is 2.26 bits per heavy atom. The molecular formula is C14H13Br2NO2. The van der Waals surface area contributed by atoms with Crippen LogP contribution in [-0.2, 0) is 0 Å². The van der Waals surface area contributed by atoms with Gasteiger partial charge in [-0.1, -0.05) is 31.9 Å². The molecule has 0 aromatic heterocycles. The van der Waals surface area contributed by atoms with E-state index >= 15 is 0 Å². The molecule has 19 heavy (non-hydrogen) atoms. The average molecular weight is 387 g/mol. The van der Waals surface area contributed by atoms with Crippen molar-refractivity contribution in [3.63, 3.8) is 0 Å². The molecule has 100 valence electrons. The molecule has 5 heteroatoms. The molecule has 0 amide bonds. The molecule has 2 N–H and O–H groups in total. The molecule has 0 bridgehead atoms. The molecule has 0 atom stereocenters. The minimum atomic E-state index is 0.480. The zero-order valence-electron chi connectivity index (χ0n) is 10.5. The second-order valence-corrected chi connectivity index (χ2v) is 5.86. The van der Waals surface area contributed by atoms with Crippen molar-refractivity contribution in [2.45, 2.75) is 6.92 Å². The maximum atomic E-state index is 6.01. The normalized spacial score (nSPS) is 10.3. The first-order valence-electron chi connectivity index (χ1n) is 5.58. The third kappa shape index (κ3) is 3.22. The SMILES string of the molecule is COc1cc(Br)cc(Oc2ccc(Br)cc2C)c1N. The highest BCUT2D eigenvalue weighted by Crippen LogP contribution is 2.38. The van der Waals surface area contributed by atoms with Gasteiger partial charge in [0.25, 0.3) is 0 Å². The van der Waals surface area contributed by atoms with Crippen molar-refractivity contribution in [2.24, 2.45) is 0 Å². The number of methoxy groups -OCH3 is 1. The molecular weight excluding hydrogens is 374 g/mol. The third-order valence-electron chi connectivity index (χ3n) is 2.65. The number of aryl methyl sites for hydroxylation is 1. The zero-order chi connectivity index (χ0) is 14.0. The van der Waals surface area contributed by atoms with E-state index in [1.165, 1.54) is 0 Å². The van der Waals surface area contributed by atoms with Crippen LogP contribution in [0.2, 0.25) is 0 Å². The van der Waals surface area contributed by atoms with Crippen LogP contribution in [0.5, 0.6) is 17.2 Å². The van der Waals surface area contributed by atoms with Crippen LogP contribution < -0.4 is 15.2 Å². The van der Waals surface area contributed by atoms with Gasteiger partial charge in [0, 0.05) is 8.95 Å². The first-order valence-corrected chi connectivity index (χ1v) is 7.17. The largest absolute Gasteiger partial charge is 0.494 e. The van der Waals surface area contributed by atoms with Gasteiger partial charge in [-0.3, -0.25) is 0 Å². The van der Waals surface area contributed by atoms with Gasteiger partial charge in [-0.05, 0) is 42.8 Å². The first-order chi connectivity index (χ1) is 9.01. The molecule has 0 spiro atoms. The van der Waals surface area contributed by atoms with E-state index in [9.17, 15) is 0 Å². The van der Waals surface area contributed by atoms with Crippen LogP contribution in [0.15, 0.2) is 39.3 Å². The van der Waals surface area contributed by atoms with Gasteiger partial charge in [-0.15, -0.1) is 0 Å². The minimum Gasteiger partial charge on any atom is -0.494 e. The van der Waals surface area contributed by atoms with E-state index in [1.54, 1.807) is 13.2 Å². The number of hydrogen-bond acceptors (Lipinski definition) is 3. The molecule has 0 radical (unpaired) electrons. The Hall–Kier alpha value is -1.20. The lowest BCUT2D eigenvalue weighted by atomic mass is 10.2. The fraction of sp³-hybridized carbons (Fsp3) is 0.143. The third-order valence-corrected chi connectivity index (χ3v) is 3.60. The number of ether oxygens (including phenoxy) is 2. The van der Waals surface area contributed by atoms with Crippen molar-refractivity contribution in [1.82, 2.24) is 0 Å². The number of anilines is 1. The molecule has 3 nitrogen and oxygen atoms in total. The standard InChI is InChI=1S/C14H13Br2NO2/c1-8-5-9(15)3-4-11(8)19-13-7-10(16)6-12(18-2)14(13)17/h3-7H,17H2,1-2H3. The fourth-order valence-corrected chi connectivity index (χ4v) is 2.56. The van der Waals surface area contributed by atoms with Gasteiger partial charge in [0.2, 0.25) is 0 Å². The average Bonchev–Trinajstić information content (AvgIpc) is 2.36. The van der Waals surface area contributed by atoms with Gasteiger partial charge in [-0.2, -0.15) is 0 Å². The summed E-state index contributed by atoms with van der Waals surface area (Å²) in [6.45, 7) is 1.98. The molecule has 0 fully saturated rings. The van der Waals surface area contributed by atoms with Crippen LogP contribution in [0.25, 0.3) is 0 Å². The summed E-state index contributed by atoms with van der Waals surface area (Å²) in [4.78, 5) is 0. The minimum absolute atomic E-state index is 0.480.